The number of nitrogens with zero attached hydrogens (tertiary/aromatic N) is 2. The van der Waals surface area contributed by atoms with Crippen molar-refractivity contribution in [2.45, 2.75) is 10.3 Å². The Morgan fingerprint density at radius 3 is 2.50 bits per heavy atom. The van der Waals surface area contributed by atoms with E-state index < -0.39 is 0 Å². The molecule has 0 saturated heterocycles. The minimum atomic E-state index is -0.137. The van der Waals surface area contributed by atoms with Crippen LogP contribution < -0.4 is 0 Å². The molecule has 16 heavy (non-hydrogen) atoms. The lowest BCUT2D eigenvalue weighted by atomic mass is 10.1. The maximum atomic E-state index is 6.39. The number of hydrogen-bond donors (Lipinski definition) is 0. The van der Waals surface area contributed by atoms with Crippen LogP contribution in [0.4, 0.5) is 0 Å². The van der Waals surface area contributed by atoms with E-state index in [0.29, 0.717) is 0 Å². The van der Waals surface area contributed by atoms with E-state index in [-0.39, 0.29) is 10.3 Å². The molecule has 1 heterocycles. The largest absolute Gasteiger partial charge is 0.323 e. The molecule has 1 aromatic heterocycles. The highest BCUT2D eigenvalue weighted by Gasteiger charge is 2.19. The highest BCUT2D eigenvalue weighted by molar-refractivity contribution is 9.10. The molecule has 0 N–H and O–H groups in total. The summed E-state index contributed by atoms with van der Waals surface area (Å²) in [6.07, 6.45) is 5.36. The van der Waals surface area contributed by atoms with Crippen LogP contribution in [0.15, 0.2) is 47.5 Å². The zero-order valence-electron chi connectivity index (χ0n) is 8.22. The summed E-state index contributed by atoms with van der Waals surface area (Å²) < 4.78 is 2.98. The molecule has 84 valence electrons. The number of imidazole rings is 1. The summed E-state index contributed by atoms with van der Waals surface area (Å²) >= 11 is 13.4. The molecule has 2 nitrogen and oxygen atoms in total. The fraction of sp³-hybridized carbons (Fsp3) is 0.182. The first kappa shape index (κ1) is 12.1. The number of aromatic nitrogens is 2. The maximum Gasteiger partial charge on any atom is 0.110 e. The third-order valence-corrected chi connectivity index (χ3v) is 4.56. The number of hydrogen-bond acceptors (Lipinski definition) is 1. The monoisotopic (exact) mass is 362 g/mol. The Bertz CT molecular complexity index is 442. The summed E-state index contributed by atoms with van der Waals surface area (Å²) in [6, 6.07) is 7.98. The van der Waals surface area contributed by atoms with Gasteiger partial charge in [0.1, 0.15) is 4.95 Å². The van der Waals surface area contributed by atoms with Crippen molar-refractivity contribution in [3.63, 3.8) is 0 Å². The van der Waals surface area contributed by atoms with Crippen LogP contribution in [0.1, 0.15) is 15.9 Å². The van der Waals surface area contributed by atoms with E-state index in [2.05, 4.69) is 36.8 Å². The van der Waals surface area contributed by atoms with Gasteiger partial charge in [0.2, 0.25) is 0 Å². The van der Waals surface area contributed by atoms with E-state index in [1.54, 1.807) is 12.5 Å². The Morgan fingerprint density at radius 1 is 1.25 bits per heavy atom. The number of alkyl halides is 2. The molecule has 0 bridgehead atoms. The van der Waals surface area contributed by atoms with Crippen LogP contribution in [0.2, 0.25) is 0 Å². The van der Waals surface area contributed by atoms with Crippen molar-refractivity contribution in [1.29, 1.82) is 0 Å². The lowest BCUT2D eigenvalue weighted by Gasteiger charge is -2.18. The van der Waals surface area contributed by atoms with Gasteiger partial charge < -0.3 is 4.57 Å². The quantitative estimate of drug-likeness (QED) is 0.732. The zero-order chi connectivity index (χ0) is 11.5. The fourth-order valence-corrected chi connectivity index (χ4v) is 2.46. The van der Waals surface area contributed by atoms with Crippen LogP contribution in [0.25, 0.3) is 0 Å². The summed E-state index contributed by atoms with van der Waals surface area (Å²) in [5.74, 6) is 0. The first-order chi connectivity index (χ1) is 7.68. The normalized spacial score (nSPS) is 14.7. The van der Waals surface area contributed by atoms with Gasteiger partial charge >= 0.3 is 0 Å². The molecule has 0 amide bonds. The predicted octanol–water partition coefficient (Wildman–Crippen LogP) is 4.52. The minimum Gasteiger partial charge on any atom is -0.323 e. The molecule has 2 unspecified atom stereocenters. The van der Waals surface area contributed by atoms with E-state index in [0.717, 1.165) is 10.0 Å². The second-order valence-electron chi connectivity index (χ2n) is 3.34. The summed E-state index contributed by atoms with van der Waals surface area (Å²) in [6.45, 7) is 0. The van der Waals surface area contributed by atoms with Crippen molar-refractivity contribution in [3.8, 4) is 0 Å². The fourth-order valence-electron chi connectivity index (χ4n) is 1.37. The van der Waals surface area contributed by atoms with Gasteiger partial charge in [-0.05, 0) is 17.7 Å². The van der Waals surface area contributed by atoms with Gasteiger partial charge in [0.25, 0.3) is 0 Å². The SMILES string of the molecule is ClC(c1ccc(Br)cc1)C(Br)n1ccnc1. The van der Waals surface area contributed by atoms with Crippen molar-refractivity contribution in [3.05, 3.63) is 53.0 Å². The minimum absolute atomic E-state index is 0.00200. The van der Waals surface area contributed by atoms with Crippen molar-refractivity contribution in [1.82, 2.24) is 9.55 Å². The molecule has 0 spiro atoms. The van der Waals surface area contributed by atoms with Gasteiger partial charge in [0, 0.05) is 16.9 Å². The van der Waals surface area contributed by atoms with Gasteiger partial charge in [-0.25, -0.2) is 4.98 Å². The topological polar surface area (TPSA) is 17.8 Å². The van der Waals surface area contributed by atoms with Crippen LogP contribution in [-0.4, -0.2) is 9.55 Å². The summed E-state index contributed by atoms with van der Waals surface area (Å²) in [5.41, 5.74) is 1.07. The summed E-state index contributed by atoms with van der Waals surface area (Å²) in [4.78, 5) is 4.00. The average Bonchev–Trinajstić information content (AvgIpc) is 2.81. The lowest BCUT2D eigenvalue weighted by molar-refractivity contribution is 0.668. The molecule has 2 atom stereocenters. The molecule has 2 aromatic rings. The molecule has 5 heteroatoms. The highest BCUT2D eigenvalue weighted by Crippen LogP contribution is 2.37. The second-order valence-corrected chi connectivity index (χ2v) is 5.66. The lowest BCUT2D eigenvalue weighted by Crippen LogP contribution is -2.06. The summed E-state index contributed by atoms with van der Waals surface area (Å²) in [7, 11) is 0. The standard InChI is InChI=1S/C11H9Br2ClN2/c12-9-3-1-8(2-4-9)10(14)11(13)16-6-5-15-7-16/h1-7,10-11H. The van der Waals surface area contributed by atoms with Crippen LogP contribution in [-0.2, 0) is 0 Å². The number of halogens is 3. The summed E-state index contributed by atoms with van der Waals surface area (Å²) in [5, 5.41) is -0.137. The Morgan fingerprint density at radius 2 is 1.94 bits per heavy atom. The highest BCUT2D eigenvalue weighted by atomic mass is 79.9. The van der Waals surface area contributed by atoms with E-state index in [9.17, 15) is 0 Å². The van der Waals surface area contributed by atoms with Crippen LogP contribution >= 0.6 is 43.5 Å². The maximum absolute atomic E-state index is 6.39. The van der Waals surface area contributed by atoms with Gasteiger partial charge in [0.05, 0.1) is 11.7 Å². The molecule has 0 radical (unpaired) electrons. The van der Waals surface area contributed by atoms with Gasteiger partial charge in [-0.15, -0.1) is 11.6 Å². The Balaban J connectivity index is 2.19. The molecule has 0 aliphatic rings. The van der Waals surface area contributed by atoms with Crippen molar-refractivity contribution in [2.75, 3.05) is 0 Å². The van der Waals surface area contributed by atoms with Gasteiger partial charge in [0.15, 0.2) is 0 Å². The molecule has 2 rings (SSSR count). The number of rotatable bonds is 3. The van der Waals surface area contributed by atoms with Crippen LogP contribution in [0, 0.1) is 0 Å². The van der Waals surface area contributed by atoms with Crippen molar-refractivity contribution >= 4 is 43.5 Å². The second kappa shape index (κ2) is 5.34. The number of benzene rings is 1. The van der Waals surface area contributed by atoms with Crippen molar-refractivity contribution < 1.29 is 0 Å². The first-order valence-corrected chi connectivity index (χ1v) is 6.84. The first-order valence-electron chi connectivity index (χ1n) is 4.69. The van der Waals surface area contributed by atoms with E-state index in [4.69, 9.17) is 11.6 Å². The van der Waals surface area contributed by atoms with E-state index in [1.807, 2.05) is 35.0 Å². The van der Waals surface area contributed by atoms with E-state index >= 15 is 0 Å². The Hall–Kier alpha value is -0.320. The smallest absolute Gasteiger partial charge is 0.110 e. The van der Waals surface area contributed by atoms with Crippen LogP contribution in [0.5, 0.6) is 0 Å². The van der Waals surface area contributed by atoms with Gasteiger partial charge in [-0.1, -0.05) is 44.0 Å². The third kappa shape index (κ3) is 2.67. The third-order valence-electron chi connectivity index (χ3n) is 2.24. The van der Waals surface area contributed by atoms with Crippen LogP contribution in [0.3, 0.4) is 0 Å². The molecular formula is C11H9Br2ClN2. The molecule has 0 fully saturated rings. The van der Waals surface area contributed by atoms with Crippen molar-refractivity contribution in [2.24, 2.45) is 0 Å². The van der Waals surface area contributed by atoms with Gasteiger partial charge in [-0.2, -0.15) is 0 Å². The molecule has 0 saturated carbocycles. The predicted molar refractivity (Wildman–Crippen MR) is 72.9 cm³/mol. The molecule has 1 aromatic carbocycles. The Labute approximate surface area is 116 Å². The molecular weight excluding hydrogens is 355 g/mol. The zero-order valence-corrected chi connectivity index (χ0v) is 12.2. The Kier molecular flexibility index (Phi) is 4.05. The molecule has 0 aliphatic carbocycles. The average molecular weight is 364 g/mol. The van der Waals surface area contributed by atoms with Gasteiger partial charge in [-0.3, -0.25) is 0 Å². The van der Waals surface area contributed by atoms with E-state index in [1.165, 1.54) is 0 Å². The molecule has 0 aliphatic heterocycles.